The molecule has 1 fully saturated rings. The van der Waals surface area contributed by atoms with Gasteiger partial charge in [-0.1, -0.05) is 19.9 Å². The minimum Gasteiger partial charge on any atom is -0.490 e. The molecule has 0 aliphatic carbocycles. The summed E-state index contributed by atoms with van der Waals surface area (Å²) >= 11 is 0. The van der Waals surface area contributed by atoms with Gasteiger partial charge in [-0.15, -0.1) is 0 Å². The molecule has 2 atom stereocenters. The van der Waals surface area contributed by atoms with Crippen molar-refractivity contribution >= 4 is 11.8 Å². The van der Waals surface area contributed by atoms with Crippen molar-refractivity contribution < 1.29 is 23.5 Å². The molecule has 7 heteroatoms. The molecular weight excluding hydrogens is 435 g/mol. The number of carbonyl (C=O) groups excluding carboxylic acids is 2. The maximum absolute atomic E-state index is 13.3. The highest BCUT2D eigenvalue weighted by Crippen LogP contribution is 2.33. The van der Waals surface area contributed by atoms with Gasteiger partial charge >= 0.3 is 0 Å². The molecule has 1 saturated heterocycles. The van der Waals surface area contributed by atoms with Crippen LogP contribution < -0.4 is 14.8 Å². The van der Waals surface area contributed by atoms with Crippen LogP contribution >= 0.6 is 0 Å². The molecule has 184 valence electrons. The molecule has 0 spiro atoms. The second kappa shape index (κ2) is 11.9. The first kappa shape index (κ1) is 25.5. The summed E-state index contributed by atoms with van der Waals surface area (Å²) in [4.78, 5) is 27.8. The Morgan fingerprint density at radius 3 is 2.38 bits per heavy atom. The molecule has 6 nitrogen and oxygen atoms in total. The molecule has 2 aromatic rings. The van der Waals surface area contributed by atoms with Crippen molar-refractivity contribution in [1.29, 1.82) is 0 Å². The van der Waals surface area contributed by atoms with Gasteiger partial charge in [0.15, 0.2) is 11.5 Å². The monoisotopic (exact) mass is 470 g/mol. The summed E-state index contributed by atoms with van der Waals surface area (Å²) in [5, 5.41) is 3.21. The zero-order valence-electron chi connectivity index (χ0n) is 20.5. The van der Waals surface area contributed by atoms with E-state index in [1.807, 2.05) is 32.0 Å². The first-order chi connectivity index (χ1) is 16.3. The Morgan fingerprint density at radius 2 is 1.74 bits per heavy atom. The Kier molecular flexibility index (Phi) is 8.91. The van der Waals surface area contributed by atoms with Crippen molar-refractivity contribution in [3.63, 3.8) is 0 Å². The molecule has 0 unspecified atom stereocenters. The third kappa shape index (κ3) is 6.27. The van der Waals surface area contributed by atoms with Gasteiger partial charge in [-0.3, -0.25) is 9.59 Å². The fraction of sp³-hybridized carbons (Fsp3) is 0.481. The van der Waals surface area contributed by atoms with E-state index in [0.717, 1.165) is 18.4 Å². The molecule has 0 radical (unpaired) electrons. The van der Waals surface area contributed by atoms with Gasteiger partial charge in [0.1, 0.15) is 5.82 Å². The number of halogens is 1. The number of piperidine rings is 1. The number of benzene rings is 2. The van der Waals surface area contributed by atoms with E-state index in [1.165, 1.54) is 24.3 Å². The van der Waals surface area contributed by atoms with Crippen LogP contribution in [0.5, 0.6) is 11.5 Å². The van der Waals surface area contributed by atoms with Crippen molar-refractivity contribution in [2.24, 2.45) is 11.8 Å². The number of amides is 2. The number of nitrogens with one attached hydrogen (secondary N) is 1. The summed E-state index contributed by atoms with van der Waals surface area (Å²) < 4.78 is 24.7. The quantitative estimate of drug-likeness (QED) is 0.561. The van der Waals surface area contributed by atoms with E-state index in [4.69, 9.17) is 9.47 Å². The van der Waals surface area contributed by atoms with Crippen LogP contribution in [-0.4, -0.2) is 43.0 Å². The highest BCUT2D eigenvalue weighted by Gasteiger charge is 2.31. The van der Waals surface area contributed by atoms with E-state index in [2.05, 4.69) is 19.2 Å². The Bertz CT molecular complexity index is 977. The lowest BCUT2D eigenvalue weighted by Gasteiger charge is -2.33. The molecule has 1 aliphatic heterocycles. The van der Waals surface area contributed by atoms with E-state index in [0.29, 0.717) is 43.4 Å². The van der Waals surface area contributed by atoms with Gasteiger partial charge in [0.05, 0.1) is 25.2 Å². The third-order valence-electron chi connectivity index (χ3n) is 6.06. The maximum atomic E-state index is 13.3. The normalized spacial score (nSPS) is 16.8. The molecule has 3 rings (SSSR count). The standard InChI is InChI=1S/C27H35FN2O4/c1-5-33-23-14-11-20(16-24(23)34-6-2)25(18(3)4)29-26(31)21-8-7-15-30(17-21)27(32)19-9-12-22(28)13-10-19/h9-14,16,18,21,25H,5-8,15,17H2,1-4H3,(H,29,31)/t21-,25-/m1/s1. The summed E-state index contributed by atoms with van der Waals surface area (Å²) in [6.07, 6.45) is 1.46. The molecule has 0 bridgehead atoms. The largest absolute Gasteiger partial charge is 0.490 e. The first-order valence-electron chi connectivity index (χ1n) is 12.1. The highest BCUT2D eigenvalue weighted by atomic mass is 19.1. The summed E-state index contributed by atoms with van der Waals surface area (Å²) in [6.45, 7) is 9.96. The van der Waals surface area contributed by atoms with Crippen molar-refractivity contribution in [2.45, 2.75) is 46.6 Å². The second-order valence-electron chi connectivity index (χ2n) is 8.90. The van der Waals surface area contributed by atoms with E-state index in [-0.39, 0.29) is 35.5 Å². The van der Waals surface area contributed by atoms with Crippen LogP contribution in [0.15, 0.2) is 42.5 Å². The number of hydrogen-bond acceptors (Lipinski definition) is 4. The van der Waals surface area contributed by atoms with E-state index in [1.54, 1.807) is 4.90 Å². The smallest absolute Gasteiger partial charge is 0.253 e. The van der Waals surface area contributed by atoms with Crippen LogP contribution in [0.2, 0.25) is 0 Å². The van der Waals surface area contributed by atoms with Gasteiger partial charge in [-0.05, 0) is 74.6 Å². The Morgan fingerprint density at radius 1 is 1.06 bits per heavy atom. The van der Waals surface area contributed by atoms with Crippen LogP contribution in [0.1, 0.15) is 62.5 Å². The molecular formula is C27H35FN2O4. The lowest BCUT2D eigenvalue weighted by molar-refractivity contribution is -0.127. The topological polar surface area (TPSA) is 67.9 Å². The van der Waals surface area contributed by atoms with Crippen molar-refractivity contribution in [2.75, 3.05) is 26.3 Å². The minimum atomic E-state index is -0.381. The Balaban J connectivity index is 1.72. The minimum absolute atomic E-state index is 0.0675. The lowest BCUT2D eigenvalue weighted by Crippen LogP contribution is -2.46. The number of rotatable bonds is 9. The molecule has 34 heavy (non-hydrogen) atoms. The molecule has 1 N–H and O–H groups in total. The first-order valence-corrected chi connectivity index (χ1v) is 12.1. The summed E-state index contributed by atoms with van der Waals surface area (Å²) in [6, 6.07) is 11.1. The number of nitrogens with zero attached hydrogens (tertiary/aromatic N) is 1. The molecule has 0 aromatic heterocycles. The SMILES string of the molecule is CCOc1ccc([C@H](NC(=O)[C@@H]2CCCN(C(=O)c3ccc(F)cc3)C2)C(C)C)cc1OCC. The fourth-order valence-corrected chi connectivity index (χ4v) is 4.32. The van der Waals surface area contributed by atoms with Crippen molar-refractivity contribution in [1.82, 2.24) is 10.2 Å². The number of hydrogen-bond donors (Lipinski definition) is 1. The molecule has 0 saturated carbocycles. The van der Waals surface area contributed by atoms with Crippen LogP contribution in [0.3, 0.4) is 0 Å². The van der Waals surface area contributed by atoms with Crippen LogP contribution in [0.4, 0.5) is 4.39 Å². The zero-order valence-corrected chi connectivity index (χ0v) is 20.5. The predicted molar refractivity (Wildman–Crippen MR) is 130 cm³/mol. The van der Waals surface area contributed by atoms with Crippen LogP contribution in [-0.2, 0) is 4.79 Å². The second-order valence-corrected chi connectivity index (χ2v) is 8.90. The van der Waals surface area contributed by atoms with Gasteiger partial charge in [0.25, 0.3) is 5.91 Å². The average molecular weight is 471 g/mol. The van der Waals surface area contributed by atoms with Crippen LogP contribution in [0, 0.1) is 17.7 Å². The van der Waals surface area contributed by atoms with E-state index in [9.17, 15) is 14.0 Å². The molecule has 2 amide bonds. The number of carbonyl (C=O) groups is 2. The van der Waals surface area contributed by atoms with Gasteiger partial charge in [0, 0.05) is 18.7 Å². The Hall–Kier alpha value is -3.09. The van der Waals surface area contributed by atoms with E-state index >= 15 is 0 Å². The average Bonchev–Trinajstić information content (AvgIpc) is 2.84. The Labute approximate surface area is 201 Å². The summed E-state index contributed by atoms with van der Waals surface area (Å²) in [7, 11) is 0. The maximum Gasteiger partial charge on any atom is 0.253 e. The zero-order chi connectivity index (χ0) is 24.7. The van der Waals surface area contributed by atoms with Gasteiger partial charge < -0.3 is 19.7 Å². The van der Waals surface area contributed by atoms with Gasteiger partial charge in [0.2, 0.25) is 5.91 Å². The van der Waals surface area contributed by atoms with Crippen LogP contribution in [0.25, 0.3) is 0 Å². The van der Waals surface area contributed by atoms with Crippen molar-refractivity contribution in [3.05, 3.63) is 59.4 Å². The number of ether oxygens (including phenoxy) is 2. The molecule has 1 heterocycles. The lowest BCUT2D eigenvalue weighted by atomic mass is 9.92. The molecule has 1 aliphatic rings. The summed E-state index contributed by atoms with van der Waals surface area (Å²) in [5.74, 6) is 0.576. The van der Waals surface area contributed by atoms with Gasteiger partial charge in [-0.2, -0.15) is 0 Å². The van der Waals surface area contributed by atoms with Gasteiger partial charge in [-0.25, -0.2) is 4.39 Å². The van der Waals surface area contributed by atoms with Crippen molar-refractivity contribution in [3.8, 4) is 11.5 Å². The van der Waals surface area contributed by atoms with E-state index < -0.39 is 0 Å². The fourth-order valence-electron chi connectivity index (χ4n) is 4.32. The number of likely N-dealkylation sites (tertiary alicyclic amines) is 1. The predicted octanol–water partition coefficient (Wildman–Crippen LogP) is 4.99. The summed E-state index contributed by atoms with van der Waals surface area (Å²) in [5.41, 5.74) is 1.38. The molecule has 2 aromatic carbocycles. The third-order valence-corrected chi connectivity index (χ3v) is 6.06. The highest BCUT2D eigenvalue weighted by molar-refractivity contribution is 5.94.